The van der Waals surface area contributed by atoms with E-state index < -0.39 is 60.1 Å². The molecule has 7 nitrogen and oxygen atoms in total. The normalized spacial score (nSPS) is 29.7. The van der Waals surface area contributed by atoms with Gasteiger partial charge in [0.2, 0.25) is 5.91 Å². The number of hydrogen-bond donors (Lipinski definition) is 1. The Kier molecular flexibility index (Phi) is 6.58. The van der Waals surface area contributed by atoms with E-state index in [1.807, 2.05) is 0 Å². The van der Waals surface area contributed by atoms with E-state index in [4.69, 9.17) is 46.4 Å². The van der Waals surface area contributed by atoms with E-state index in [0.29, 0.717) is 18.5 Å². The topological polar surface area (TPSA) is 81.2 Å². The van der Waals surface area contributed by atoms with Crippen molar-refractivity contribution in [2.75, 3.05) is 22.9 Å². The summed E-state index contributed by atoms with van der Waals surface area (Å²) in [5.74, 6) is -9.04. The number of carbonyl (C=O) groups excluding carboxylic acids is 2. The molecule has 1 N–H and O–H groups in total. The summed E-state index contributed by atoms with van der Waals surface area (Å²) in [6, 6.07) is 5.99. The van der Waals surface area contributed by atoms with Crippen molar-refractivity contribution in [3.05, 3.63) is 56.0 Å². The van der Waals surface area contributed by atoms with Crippen LogP contribution in [-0.2, 0) is 19.9 Å². The Labute approximate surface area is 260 Å². The SMILES string of the molecule is O=C(O)[C@H]1[C@@H](C(=O)N(CC2CC2)c2cc(Cl)cc(Cl)c2)[C@H]2CC(F)(F)CN2[C@]12C(=O)N(C1CC1)c1c(Cl)cc(Cl)cc12. The second-order valence-electron chi connectivity index (χ2n) is 12.1. The number of hydrogen-bond acceptors (Lipinski definition) is 4. The zero-order chi connectivity index (χ0) is 29.9. The highest BCUT2D eigenvalue weighted by atomic mass is 35.5. The van der Waals surface area contributed by atoms with Crippen LogP contribution in [0.4, 0.5) is 20.2 Å². The number of nitrogens with zero attached hydrogens (tertiary/aromatic N) is 3. The highest BCUT2D eigenvalue weighted by Gasteiger charge is 2.76. The molecule has 4 atom stereocenters. The summed E-state index contributed by atoms with van der Waals surface area (Å²) in [6.07, 6.45) is 2.27. The molecule has 1 spiro atoms. The predicted octanol–water partition coefficient (Wildman–Crippen LogP) is 6.49. The zero-order valence-corrected chi connectivity index (χ0v) is 25.0. The quantitative estimate of drug-likeness (QED) is 0.384. The van der Waals surface area contributed by atoms with Gasteiger partial charge in [-0.05, 0) is 61.9 Å². The van der Waals surface area contributed by atoms with Crippen molar-refractivity contribution in [3.63, 3.8) is 0 Å². The Morgan fingerprint density at radius 2 is 1.62 bits per heavy atom. The molecular formula is C29H25Cl4F2N3O4. The lowest BCUT2D eigenvalue weighted by molar-refractivity contribution is -0.154. The Hall–Kier alpha value is -2.17. The van der Waals surface area contributed by atoms with Crippen LogP contribution in [0, 0.1) is 17.8 Å². The van der Waals surface area contributed by atoms with Gasteiger partial charge in [-0.25, -0.2) is 8.78 Å². The Morgan fingerprint density at radius 1 is 0.976 bits per heavy atom. The third kappa shape index (κ3) is 4.25. The lowest BCUT2D eigenvalue weighted by Gasteiger charge is -2.37. The molecule has 2 amide bonds. The summed E-state index contributed by atoms with van der Waals surface area (Å²) in [5, 5.41) is 11.6. The van der Waals surface area contributed by atoms with Gasteiger partial charge in [-0.3, -0.25) is 19.3 Å². The molecule has 2 aromatic rings. The summed E-state index contributed by atoms with van der Waals surface area (Å²) in [7, 11) is 0. The number of aliphatic carboxylic acids is 1. The molecule has 42 heavy (non-hydrogen) atoms. The number of amides is 2. The maximum absolute atomic E-state index is 15.3. The van der Waals surface area contributed by atoms with Crippen molar-refractivity contribution in [2.45, 2.75) is 55.6 Å². The molecule has 13 heteroatoms. The van der Waals surface area contributed by atoms with E-state index in [1.165, 1.54) is 32.9 Å². The molecule has 222 valence electrons. The number of carbonyl (C=O) groups is 3. The van der Waals surface area contributed by atoms with E-state index in [1.54, 1.807) is 12.1 Å². The number of fused-ring (bicyclic) bond motifs is 4. The smallest absolute Gasteiger partial charge is 0.310 e. The minimum absolute atomic E-state index is 0.125. The van der Waals surface area contributed by atoms with Crippen molar-refractivity contribution in [2.24, 2.45) is 17.8 Å². The van der Waals surface area contributed by atoms with Gasteiger partial charge in [0.05, 0.1) is 23.2 Å². The largest absolute Gasteiger partial charge is 0.481 e. The molecule has 7 rings (SSSR count). The molecule has 0 aromatic heterocycles. The summed E-state index contributed by atoms with van der Waals surface area (Å²) >= 11 is 25.6. The van der Waals surface area contributed by atoms with E-state index in [-0.39, 0.29) is 49.8 Å². The van der Waals surface area contributed by atoms with Gasteiger partial charge in [0.25, 0.3) is 11.8 Å². The number of carboxylic acids is 1. The van der Waals surface area contributed by atoms with Crippen LogP contribution < -0.4 is 9.80 Å². The fourth-order valence-corrected chi connectivity index (χ4v) is 8.47. The van der Waals surface area contributed by atoms with Gasteiger partial charge in [-0.15, -0.1) is 0 Å². The molecule has 3 aliphatic heterocycles. The van der Waals surface area contributed by atoms with Gasteiger partial charge in [0.1, 0.15) is 11.5 Å². The molecule has 2 saturated heterocycles. The minimum atomic E-state index is -3.27. The second-order valence-corrected chi connectivity index (χ2v) is 13.8. The average molecular weight is 659 g/mol. The van der Waals surface area contributed by atoms with Crippen LogP contribution in [0.3, 0.4) is 0 Å². The summed E-state index contributed by atoms with van der Waals surface area (Å²) < 4.78 is 30.6. The Balaban J connectivity index is 1.44. The minimum Gasteiger partial charge on any atom is -0.481 e. The fourth-order valence-electron chi connectivity index (χ4n) is 7.37. The molecule has 2 aliphatic carbocycles. The van der Waals surface area contributed by atoms with Crippen LogP contribution in [0.25, 0.3) is 0 Å². The van der Waals surface area contributed by atoms with Gasteiger partial charge in [0.15, 0.2) is 0 Å². The first-order chi connectivity index (χ1) is 19.8. The number of halogens is 6. The van der Waals surface area contributed by atoms with E-state index in [9.17, 15) is 19.5 Å². The zero-order valence-electron chi connectivity index (χ0n) is 22.0. The van der Waals surface area contributed by atoms with Crippen LogP contribution in [0.5, 0.6) is 0 Å². The first kappa shape index (κ1) is 28.6. The van der Waals surface area contributed by atoms with Crippen molar-refractivity contribution in [3.8, 4) is 0 Å². The third-order valence-electron chi connectivity index (χ3n) is 9.24. The molecule has 4 fully saturated rings. The second kappa shape index (κ2) is 9.66. The molecular weight excluding hydrogens is 634 g/mol. The molecule has 3 heterocycles. The molecule has 5 aliphatic rings. The van der Waals surface area contributed by atoms with Crippen LogP contribution in [0.1, 0.15) is 37.7 Å². The van der Waals surface area contributed by atoms with Crippen LogP contribution in [-0.4, -0.2) is 58.9 Å². The standard InChI is InChI=1S/C29H25Cl4F2N3O4/c30-14-5-15(31)7-18(6-14)36(11-13-1-2-13)25(39)22-21-10-28(34,35)12-37(21)29(23(22)26(40)41)19-8-16(32)9-20(33)24(19)38(27(29)42)17-3-4-17/h5-9,13,17,21-23H,1-4,10-12H2,(H,40,41)/t21-,22+,23-,29+/m1/s1. The molecule has 0 bridgehead atoms. The van der Waals surface area contributed by atoms with Crippen LogP contribution >= 0.6 is 46.4 Å². The van der Waals surface area contributed by atoms with Gasteiger partial charge in [-0.2, -0.15) is 0 Å². The Morgan fingerprint density at radius 3 is 2.21 bits per heavy atom. The molecule has 0 unspecified atom stereocenters. The maximum atomic E-state index is 15.3. The monoisotopic (exact) mass is 657 g/mol. The number of anilines is 2. The van der Waals surface area contributed by atoms with Crippen LogP contribution in [0.2, 0.25) is 20.1 Å². The third-order valence-corrected chi connectivity index (χ3v) is 10.2. The van der Waals surface area contributed by atoms with E-state index >= 15 is 8.78 Å². The lowest BCUT2D eigenvalue weighted by Crippen LogP contribution is -2.56. The number of benzene rings is 2. The van der Waals surface area contributed by atoms with Gasteiger partial charge < -0.3 is 14.9 Å². The predicted molar refractivity (Wildman–Crippen MR) is 155 cm³/mol. The highest BCUT2D eigenvalue weighted by molar-refractivity contribution is 6.38. The van der Waals surface area contributed by atoms with E-state index in [2.05, 4.69) is 0 Å². The molecule has 0 radical (unpaired) electrons. The number of carboxylic acid groups (broad SMARTS) is 1. The first-order valence-corrected chi connectivity index (χ1v) is 15.3. The average Bonchev–Trinajstić information content (AvgIpc) is 3.81. The maximum Gasteiger partial charge on any atom is 0.310 e. The van der Waals surface area contributed by atoms with Gasteiger partial charge in [0, 0.05) is 51.4 Å². The summed E-state index contributed by atoms with van der Waals surface area (Å²) in [6.45, 7) is -0.643. The number of alkyl halides is 2. The lowest BCUT2D eigenvalue weighted by atomic mass is 9.73. The van der Waals surface area contributed by atoms with Gasteiger partial charge >= 0.3 is 5.97 Å². The molecule has 2 aromatic carbocycles. The van der Waals surface area contributed by atoms with Crippen molar-refractivity contribution >= 4 is 75.6 Å². The number of rotatable bonds is 6. The fraction of sp³-hybridized carbons (Fsp3) is 0.483. The van der Waals surface area contributed by atoms with Crippen molar-refractivity contribution < 1.29 is 28.3 Å². The summed E-state index contributed by atoms with van der Waals surface area (Å²) in [5.41, 5.74) is -1.32. The van der Waals surface area contributed by atoms with Crippen molar-refractivity contribution in [1.82, 2.24) is 4.90 Å². The highest BCUT2D eigenvalue weighted by Crippen LogP contribution is 2.64. The first-order valence-electron chi connectivity index (χ1n) is 13.8. The van der Waals surface area contributed by atoms with Gasteiger partial charge in [-0.1, -0.05) is 46.4 Å². The van der Waals surface area contributed by atoms with Crippen molar-refractivity contribution in [1.29, 1.82) is 0 Å². The van der Waals surface area contributed by atoms with Crippen LogP contribution in [0.15, 0.2) is 30.3 Å². The summed E-state index contributed by atoms with van der Waals surface area (Å²) in [4.78, 5) is 46.7. The molecule has 2 saturated carbocycles. The van der Waals surface area contributed by atoms with E-state index in [0.717, 1.165) is 12.8 Å². The Bertz CT molecular complexity index is 1530.